The molecule has 1 unspecified atom stereocenters. The molecule has 0 saturated heterocycles. The van der Waals surface area contributed by atoms with E-state index in [0.717, 1.165) is 22.1 Å². The summed E-state index contributed by atoms with van der Waals surface area (Å²) in [6, 6.07) is 21.4. The van der Waals surface area contributed by atoms with Crippen LogP contribution < -0.4 is 14.8 Å². The van der Waals surface area contributed by atoms with Gasteiger partial charge in [-0.3, -0.25) is 9.36 Å². The number of rotatable bonds is 7. The second-order valence-electron chi connectivity index (χ2n) is 7.04. The molecule has 0 fully saturated rings. The number of ether oxygens (including phenoxy) is 2. The van der Waals surface area contributed by atoms with E-state index in [1.165, 1.54) is 11.8 Å². The molecular formula is C23H20N4O3S2. The molecule has 7 nitrogen and oxygen atoms in total. The van der Waals surface area contributed by atoms with Crippen molar-refractivity contribution in [3.05, 3.63) is 72.1 Å². The van der Waals surface area contributed by atoms with Crippen molar-refractivity contribution in [2.45, 2.75) is 11.3 Å². The van der Waals surface area contributed by atoms with Crippen LogP contribution in [0.2, 0.25) is 0 Å². The molecule has 0 spiro atoms. The van der Waals surface area contributed by atoms with E-state index < -0.39 is 0 Å². The molecule has 32 heavy (non-hydrogen) atoms. The molecule has 5 rings (SSSR count). The lowest BCUT2D eigenvalue weighted by Crippen LogP contribution is -2.41. The topological polar surface area (TPSA) is 78.3 Å². The maximum Gasteiger partial charge on any atom is 0.230 e. The van der Waals surface area contributed by atoms with Crippen LogP contribution in [-0.4, -0.2) is 45.7 Å². The minimum Gasteiger partial charge on any atom is -0.486 e. The quantitative estimate of drug-likeness (QED) is 0.416. The molecular weight excluding hydrogens is 444 g/mol. The van der Waals surface area contributed by atoms with Gasteiger partial charge in [0, 0.05) is 5.69 Å². The van der Waals surface area contributed by atoms with Crippen molar-refractivity contribution in [2.24, 2.45) is 0 Å². The number of hydrogen-bond acceptors (Lipinski definition) is 7. The van der Waals surface area contributed by atoms with Gasteiger partial charge in [-0.05, 0) is 35.7 Å². The van der Waals surface area contributed by atoms with E-state index >= 15 is 0 Å². The SMILES string of the molecule is O=C(CSc1nnc(-c2cccs2)n1-c1ccccc1)NCC1COc2ccccc2O1. The Hall–Kier alpha value is -3.30. The van der Waals surface area contributed by atoms with Crippen LogP contribution in [0, 0.1) is 0 Å². The van der Waals surface area contributed by atoms with Crippen LogP contribution in [0.1, 0.15) is 0 Å². The normalized spacial score (nSPS) is 14.8. The van der Waals surface area contributed by atoms with Crippen molar-refractivity contribution < 1.29 is 14.3 Å². The molecule has 0 radical (unpaired) electrons. The third kappa shape index (κ3) is 4.49. The van der Waals surface area contributed by atoms with Crippen LogP contribution in [0.5, 0.6) is 11.5 Å². The van der Waals surface area contributed by atoms with Gasteiger partial charge in [0.1, 0.15) is 12.7 Å². The molecule has 1 amide bonds. The molecule has 1 atom stereocenters. The Kier molecular flexibility index (Phi) is 6.09. The van der Waals surface area contributed by atoms with Crippen molar-refractivity contribution in [3.63, 3.8) is 0 Å². The minimum atomic E-state index is -0.225. The molecule has 2 aromatic carbocycles. The fraction of sp³-hybridized carbons (Fsp3) is 0.174. The Morgan fingerprint density at radius 2 is 1.88 bits per heavy atom. The predicted molar refractivity (Wildman–Crippen MR) is 125 cm³/mol. The molecule has 0 aliphatic carbocycles. The maximum absolute atomic E-state index is 12.5. The Morgan fingerprint density at radius 1 is 1.06 bits per heavy atom. The average molecular weight is 465 g/mol. The summed E-state index contributed by atoms with van der Waals surface area (Å²) in [6.07, 6.45) is -0.225. The highest BCUT2D eigenvalue weighted by Crippen LogP contribution is 2.31. The number of nitrogens with one attached hydrogen (secondary N) is 1. The number of thioether (sulfide) groups is 1. The first-order chi connectivity index (χ1) is 15.8. The Labute approximate surface area is 193 Å². The molecule has 1 aliphatic rings. The van der Waals surface area contributed by atoms with Gasteiger partial charge in [0.25, 0.3) is 0 Å². The average Bonchev–Trinajstić information content (AvgIpc) is 3.52. The fourth-order valence-corrected chi connectivity index (χ4v) is 4.79. The molecule has 0 saturated carbocycles. The van der Waals surface area contributed by atoms with Gasteiger partial charge in [0.15, 0.2) is 22.5 Å². The number of hydrogen-bond donors (Lipinski definition) is 1. The standard InChI is InChI=1S/C23H20N4O3S2/c28-21(24-13-17-14-29-18-9-4-5-10-19(18)30-17)15-32-23-26-25-22(20-11-6-12-31-20)27(23)16-7-2-1-3-8-16/h1-12,17H,13-15H2,(H,24,28). The van der Waals surface area contributed by atoms with Crippen LogP contribution in [0.4, 0.5) is 0 Å². The lowest BCUT2D eigenvalue weighted by Gasteiger charge is -2.26. The molecule has 1 aliphatic heterocycles. The van der Waals surface area contributed by atoms with Crippen LogP contribution in [-0.2, 0) is 4.79 Å². The fourth-order valence-electron chi connectivity index (χ4n) is 3.31. The van der Waals surface area contributed by atoms with Crippen molar-refractivity contribution in [3.8, 4) is 27.9 Å². The summed E-state index contributed by atoms with van der Waals surface area (Å²) in [6.45, 7) is 0.774. The van der Waals surface area contributed by atoms with Gasteiger partial charge >= 0.3 is 0 Å². The highest BCUT2D eigenvalue weighted by Gasteiger charge is 2.22. The molecule has 1 N–H and O–H groups in total. The molecule has 9 heteroatoms. The first kappa shape index (κ1) is 20.6. The van der Waals surface area contributed by atoms with Gasteiger partial charge in [0.05, 0.1) is 17.2 Å². The van der Waals surface area contributed by atoms with Crippen molar-refractivity contribution >= 4 is 29.0 Å². The van der Waals surface area contributed by atoms with E-state index in [2.05, 4.69) is 15.5 Å². The molecule has 2 aromatic heterocycles. The summed E-state index contributed by atoms with van der Waals surface area (Å²) in [7, 11) is 0. The Morgan fingerprint density at radius 3 is 2.69 bits per heavy atom. The van der Waals surface area contributed by atoms with Crippen LogP contribution in [0.3, 0.4) is 0 Å². The number of nitrogens with zero attached hydrogens (tertiary/aromatic N) is 3. The van der Waals surface area contributed by atoms with Crippen LogP contribution in [0.15, 0.2) is 77.3 Å². The van der Waals surface area contributed by atoms with E-state index in [0.29, 0.717) is 24.1 Å². The largest absolute Gasteiger partial charge is 0.486 e. The van der Waals surface area contributed by atoms with Gasteiger partial charge in [-0.15, -0.1) is 21.5 Å². The molecule has 3 heterocycles. The number of benzene rings is 2. The van der Waals surface area contributed by atoms with E-state index in [9.17, 15) is 4.79 Å². The molecule has 4 aromatic rings. The third-order valence-corrected chi connectivity index (χ3v) is 6.61. The number of amides is 1. The Balaban J connectivity index is 1.23. The van der Waals surface area contributed by atoms with E-state index in [-0.39, 0.29) is 17.8 Å². The van der Waals surface area contributed by atoms with Crippen molar-refractivity contribution in [1.82, 2.24) is 20.1 Å². The van der Waals surface area contributed by atoms with E-state index in [4.69, 9.17) is 9.47 Å². The smallest absolute Gasteiger partial charge is 0.230 e. The number of aromatic nitrogens is 3. The summed E-state index contributed by atoms with van der Waals surface area (Å²) in [4.78, 5) is 13.5. The maximum atomic E-state index is 12.5. The zero-order chi connectivity index (χ0) is 21.8. The first-order valence-electron chi connectivity index (χ1n) is 10.1. The summed E-state index contributed by atoms with van der Waals surface area (Å²) in [5, 5.41) is 14.3. The number of para-hydroxylation sites is 3. The lowest BCUT2D eigenvalue weighted by atomic mass is 10.2. The van der Waals surface area contributed by atoms with Gasteiger partial charge in [-0.25, -0.2) is 0 Å². The highest BCUT2D eigenvalue weighted by atomic mass is 32.2. The summed E-state index contributed by atoms with van der Waals surface area (Å²) in [5.41, 5.74) is 0.954. The van der Waals surface area contributed by atoms with Gasteiger partial charge in [0.2, 0.25) is 5.91 Å². The monoisotopic (exact) mass is 464 g/mol. The van der Waals surface area contributed by atoms with E-state index in [1.807, 2.05) is 76.7 Å². The number of fused-ring (bicyclic) bond motifs is 1. The molecule has 162 valence electrons. The first-order valence-corrected chi connectivity index (χ1v) is 12.0. The number of carbonyl (C=O) groups is 1. The summed E-state index contributed by atoms with van der Waals surface area (Å²) < 4.78 is 13.6. The summed E-state index contributed by atoms with van der Waals surface area (Å²) in [5.74, 6) is 2.31. The van der Waals surface area contributed by atoms with Crippen LogP contribution in [0.25, 0.3) is 16.4 Å². The number of carbonyl (C=O) groups excluding carboxylic acids is 1. The zero-order valence-corrected chi connectivity index (χ0v) is 18.6. The van der Waals surface area contributed by atoms with Gasteiger partial charge in [-0.2, -0.15) is 0 Å². The van der Waals surface area contributed by atoms with Crippen LogP contribution >= 0.6 is 23.1 Å². The predicted octanol–water partition coefficient (Wildman–Crippen LogP) is 4.04. The van der Waals surface area contributed by atoms with Crippen molar-refractivity contribution in [2.75, 3.05) is 18.9 Å². The van der Waals surface area contributed by atoms with Gasteiger partial charge < -0.3 is 14.8 Å². The lowest BCUT2D eigenvalue weighted by molar-refractivity contribution is -0.119. The minimum absolute atomic E-state index is 0.0993. The third-order valence-electron chi connectivity index (χ3n) is 4.82. The second-order valence-corrected chi connectivity index (χ2v) is 8.93. The Bertz CT molecular complexity index is 1200. The zero-order valence-electron chi connectivity index (χ0n) is 17.0. The van der Waals surface area contributed by atoms with Crippen molar-refractivity contribution in [1.29, 1.82) is 0 Å². The number of thiophene rings is 1. The molecule has 0 bridgehead atoms. The van der Waals surface area contributed by atoms with Gasteiger partial charge in [-0.1, -0.05) is 48.2 Å². The highest BCUT2D eigenvalue weighted by molar-refractivity contribution is 7.99. The van der Waals surface area contributed by atoms with E-state index in [1.54, 1.807) is 11.3 Å². The summed E-state index contributed by atoms with van der Waals surface area (Å²) >= 11 is 2.96. The second kappa shape index (κ2) is 9.46.